The second-order valence-corrected chi connectivity index (χ2v) is 5.48. The van der Waals surface area contributed by atoms with E-state index < -0.39 is 0 Å². The van der Waals surface area contributed by atoms with Gasteiger partial charge in [-0.05, 0) is 59.0 Å². The van der Waals surface area contributed by atoms with Gasteiger partial charge in [0.1, 0.15) is 0 Å². The number of anilines is 2. The molecule has 0 radical (unpaired) electrons. The minimum absolute atomic E-state index is 0.304. The first kappa shape index (κ1) is 12.2. The number of imide groups is 1. The molecular weight excluding hydrogens is 355 g/mol. The van der Waals surface area contributed by atoms with Crippen LogP contribution in [-0.4, -0.2) is 11.8 Å². The van der Waals surface area contributed by atoms with Crippen LogP contribution in [0.3, 0.4) is 0 Å². The number of nitrogens with two attached hydrogens (primary N) is 1. The predicted octanol–water partition coefficient (Wildman–Crippen LogP) is 2.67. The summed E-state index contributed by atoms with van der Waals surface area (Å²) in [5, 5.41) is 0. The number of nitrogens with zero attached hydrogens (tertiary/aromatic N) is 1. The summed E-state index contributed by atoms with van der Waals surface area (Å²) < 4.78 is 0.964. The van der Waals surface area contributed by atoms with E-state index in [0.717, 1.165) is 3.57 Å². The van der Waals surface area contributed by atoms with Crippen LogP contribution in [-0.2, 0) is 0 Å². The van der Waals surface area contributed by atoms with E-state index in [-0.39, 0.29) is 11.8 Å². The van der Waals surface area contributed by atoms with Crippen LogP contribution < -0.4 is 10.6 Å². The molecule has 2 aromatic carbocycles. The summed E-state index contributed by atoms with van der Waals surface area (Å²) in [7, 11) is 0. The third-order valence-corrected chi connectivity index (χ3v) is 3.65. The molecule has 0 saturated carbocycles. The molecule has 0 unspecified atom stereocenters. The highest BCUT2D eigenvalue weighted by Crippen LogP contribution is 2.30. The maximum absolute atomic E-state index is 12.3. The van der Waals surface area contributed by atoms with E-state index in [0.29, 0.717) is 22.5 Å². The number of rotatable bonds is 1. The summed E-state index contributed by atoms with van der Waals surface area (Å²) in [5.74, 6) is -0.628. The van der Waals surface area contributed by atoms with Gasteiger partial charge in [0.25, 0.3) is 11.8 Å². The standard InChI is InChI=1S/C14H9IN2O2/c15-8-2-1-3-10(6-8)17-13(18)11-5-4-9(16)7-12(11)14(17)19/h1-7H,16H2. The predicted molar refractivity (Wildman–Crippen MR) is 81.2 cm³/mol. The highest BCUT2D eigenvalue weighted by Gasteiger charge is 2.36. The van der Waals surface area contributed by atoms with E-state index in [1.165, 1.54) is 4.90 Å². The molecule has 2 amide bonds. The van der Waals surface area contributed by atoms with Gasteiger partial charge in [-0.25, -0.2) is 4.90 Å². The minimum atomic E-state index is -0.325. The quantitative estimate of drug-likeness (QED) is 0.481. The lowest BCUT2D eigenvalue weighted by Gasteiger charge is -2.13. The van der Waals surface area contributed by atoms with Crippen LogP contribution in [0.1, 0.15) is 20.7 Å². The van der Waals surface area contributed by atoms with Crippen molar-refractivity contribution < 1.29 is 9.59 Å². The van der Waals surface area contributed by atoms with Gasteiger partial charge in [-0.1, -0.05) is 6.07 Å². The first-order chi connectivity index (χ1) is 9.08. The molecule has 0 spiro atoms. The molecule has 0 atom stereocenters. The number of benzene rings is 2. The maximum Gasteiger partial charge on any atom is 0.266 e. The zero-order valence-corrected chi connectivity index (χ0v) is 11.9. The highest BCUT2D eigenvalue weighted by molar-refractivity contribution is 14.1. The Bertz CT molecular complexity index is 712. The third-order valence-electron chi connectivity index (χ3n) is 2.98. The third kappa shape index (κ3) is 1.90. The lowest BCUT2D eigenvalue weighted by atomic mass is 10.1. The zero-order chi connectivity index (χ0) is 13.6. The number of carbonyl (C=O) groups is 2. The number of carbonyl (C=O) groups excluding carboxylic acids is 2. The normalized spacial score (nSPS) is 13.8. The van der Waals surface area contributed by atoms with Crippen LogP contribution in [0.15, 0.2) is 42.5 Å². The molecule has 2 N–H and O–H groups in total. The number of hydrogen-bond donors (Lipinski definition) is 1. The van der Waals surface area contributed by atoms with Crippen LogP contribution in [0.5, 0.6) is 0 Å². The molecule has 0 aromatic heterocycles. The zero-order valence-electron chi connectivity index (χ0n) is 9.76. The first-order valence-corrected chi connectivity index (χ1v) is 6.69. The average molecular weight is 364 g/mol. The average Bonchev–Trinajstić information content (AvgIpc) is 2.61. The lowest BCUT2D eigenvalue weighted by molar-refractivity contribution is 0.0926. The van der Waals surface area contributed by atoms with Crippen LogP contribution in [0.2, 0.25) is 0 Å². The van der Waals surface area contributed by atoms with E-state index >= 15 is 0 Å². The summed E-state index contributed by atoms with van der Waals surface area (Å²) in [6.45, 7) is 0. The van der Waals surface area contributed by atoms with Crippen molar-refractivity contribution in [1.29, 1.82) is 0 Å². The van der Waals surface area contributed by atoms with E-state index in [1.54, 1.807) is 30.3 Å². The molecule has 0 saturated heterocycles. The van der Waals surface area contributed by atoms with E-state index in [2.05, 4.69) is 22.6 Å². The Morgan fingerprint density at radius 3 is 2.42 bits per heavy atom. The van der Waals surface area contributed by atoms with E-state index in [1.807, 2.05) is 12.1 Å². The fourth-order valence-corrected chi connectivity index (χ4v) is 2.63. The Morgan fingerprint density at radius 1 is 0.947 bits per heavy atom. The number of halogens is 1. The second-order valence-electron chi connectivity index (χ2n) is 4.23. The van der Waals surface area contributed by atoms with Crippen molar-refractivity contribution in [2.75, 3.05) is 10.6 Å². The van der Waals surface area contributed by atoms with Crippen molar-refractivity contribution in [3.05, 3.63) is 57.2 Å². The van der Waals surface area contributed by atoms with Gasteiger partial charge in [-0.2, -0.15) is 0 Å². The number of hydrogen-bond acceptors (Lipinski definition) is 3. The molecule has 5 heteroatoms. The molecule has 3 rings (SSSR count). The molecular formula is C14H9IN2O2. The molecule has 0 fully saturated rings. The second kappa shape index (κ2) is 4.34. The minimum Gasteiger partial charge on any atom is -0.399 e. The van der Waals surface area contributed by atoms with Crippen LogP contribution >= 0.6 is 22.6 Å². The SMILES string of the molecule is Nc1ccc2c(c1)C(=O)N(c1cccc(I)c1)C2=O. The molecule has 2 aromatic rings. The van der Waals surface area contributed by atoms with Gasteiger partial charge in [-0.3, -0.25) is 9.59 Å². The Morgan fingerprint density at radius 2 is 1.68 bits per heavy atom. The number of fused-ring (bicyclic) bond motifs is 1. The summed E-state index contributed by atoms with van der Waals surface area (Å²) in [6, 6.07) is 12.0. The van der Waals surface area contributed by atoms with Crippen LogP contribution in [0.25, 0.3) is 0 Å². The molecule has 0 bridgehead atoms. The maximum atomic E-state index is 12.3. The van der Waals surface area contributed by atoms with Crippen molar-refractivity contribution in [3.63, 3.8) is 0 Å². The number of nitrogen functional groups attached to an aromatic ring is 1. The van der Waals surface area contributed by atoms with Crippen molar-refractivity contribution in [1.82, 2.24) is 0 Å². The van der Waals surface area contributed by atoms with E-state index in [4.69, 9.17) is 5.73 Å². The molecule has 19 heavy (non-hydrogen) atoms. The summed E-state index contributed by atoms with van der Waals surface area (Å²) in [5.41, 5.74) is 7.49. The number of amides is 2. The summed E-state index contributed by atoms with van der Waals surface area (Å²) >= 11 is 2.14. The molecule has 1 aliphatic rings. The Labute approximate surface area is 123 Å². The van der Waals surface area contributed by atoms with Gasteiger partial charge in [0, 0.05) is 9.26 Å². The summed E-state index contributed by atoms with van der Waals surface area (Å²) in [4.78, 5) is 25.8. The van der Waals surface area contributed by atoms with Gasteiger partial charge in [0.15, 0.2) is 0 Å². The Kier molecular flexibility index (Phi) is 2.78. The highest BCUT2D eigenvalue weighted by atomic mass is 127. The Hall–Kier alpha value is -1.89. The molecule has 1 heterocycles. The van der Waals surface area contributed by atoms with Crippen molar-refractivity contribution in [3.8, 4) is 0 Å². The van der Waals surface area contributed by atoms with E-state index in [9.17, 15) is 9.59 Å². The fraction of sp³-hybridized carbons (Fsp3) is 0. The molecule has 1 aliphatic heterocycles. The van der Waals surface area contributed by atoms with Gasteiger partial charge < -0.3 is 5.73 Å². The van der Waals surface area contributed by atoms with Crippen molar-refractivity contribution in [2.45, 2.75) is 0 Å². The summed E-state index contributed by atoms with van der Waals surface area (Å²) in [6.07, 6.45) is 0. The van der Waals surface area contributed by atoms with Crippen molar-refractivity contribution >= 4 is 45.8 Å². The van der Waals surface area contributed by atoms with Gasteiger partial charge in [0.2, 0.25) is 0 Å². The molecule has 4 nitrogen and oxygen atoms in total. The fourth-order valence-electron chi connectivity index (χ4n) is 2.11. The monoisotopic (exact) mass is 364 g/mol. The Balaban J connectivity index is 2.13. The largest absolute Gasteiger partial charge is 0.399 e. The topological polar surface area (TPSA) is 63.4 Å². The van der Waals surface area contributed by atoms with Gasteiger partial charge >= 0.3 is 0 Å². The van der Waals surface area contributed by atoms with Crippen LogP contribution in [0.4, 0.5) is 11.4 Å². The smallest absolute Gasteiger partial charge is 0.266 e. The molecule has 0 aliphatic carbocycles. The van der Waals surface area contributed by atoms with Gasteiger partial charge in [0.05, 0.1) is 16.8 Å². The van der Waals surface area contributed by atoms with Gasteiger partial charge in [-0.15, -0.1) is 0 Å². The van der Waals surface area contributed by atoms with Crippen molar-refractivity contribution in [2.24, 2.45) is 0 Å². The van der Waals surface area contributed by atoms with Crippen LogP contribution in [0, 0.1) is 3.57 Å². The molecule has 94 valence electrons. The first-order valence-electron chi connectivity index (χ1n) is 5.62. The lowest BCUT2D eigenvalue weighted by Crippen LogP contribution is -2.29.